The monoisotopic (exact) mass is 234 g/mol. The van der Waals surface area contributed by atoms with Crippen LogP contribution in [-0.2, 0) is 11.3 Å². The van der Waals surface area contributed by atoms with Crippen LogP contribution in [0.2, 0.25) is 0 Å². The number of hydrogen-bond donors (Lipinski definition) is 1. The second-order valence-corrected chi connectivity index (χ2v) is 5.44. The molecule has 17 heavy (non-hydrogen) atoms. The van der Waals surface area contributed by atoms with Crippen LogP contribution in [0, 0.1) is 0 Å². The highest BCUT2D eigenvalue weighted by Crippen LogP contribution is 2.26. The predicted octanol–water partition coefficient (Wildman–Crippen LogP) is 2.15. The van der Waals surface area contributed by atoms with Crippen molar-refractivity contribution in [1.82, 2.24) is 0 Å². The highest BCUT2D eigenvalue weighted by Gasteiger charge is 2.31. The lowest BCUT2D eigenvalue weighted by atomic mass is 10.0. The van der Waals surface area contributed by atoms with Crippen LogP contribution in [0.5, 0.6) is 0 Å². The number of nitrogens with zero attached hydrogens (tertiary/aromatic N) is 1. The molecule has 1 saturated heterocycles. The first kappa shape index (κ1) is 12.4. The zero-order valence-corrected chi connectivity index (χ0v) is 10.9. The van der Waals surface area contributed by atoms with Crippen molar-refractivity contribution in [2.75, 3.05) is 18.0 Å². The molecule has 1 aromatic carbocycles. The van der Waals surface area contributed by atoms with Crippen molar-refractivity contribution in [3.8, 4) is 0 Å². The van der Waals surface area contributed by atoms with Gasteiger partial charge in [0.15, 0.2) is 0 Å². The Morgan fingerprint density at radius 1 is 1.35 bits per heavy atom. The molecule has 1 aliphatic heterocycles. The minimum absolute atomic E-state index is 0.0792. The molecule has 0 aromatic heterocycles. The summed E-state index contributed by atoms with van der Waals surface area (Å²) in [7, 11) is 0. The van der Waals surface area contributed by atoms with Crippen molar-refractivity contribution >= 4 is 5.69 Å². The van der Waals surface area contributed by atoms with Crippen LogP contribution in [0.3, 0.4) is 0 Å². The standard InChI is InChI=1S/C14H22N2O/c1-11-9-16(10-14(2,3)17-11)13-6-4-12(8-15)5-7-13/h4-7,11H,8-10,15H2,1-3H3. The summed E-state index contributed by atoms with van der Waals surface area (Å²) in [5, 5.41) is 0. The highest BCUT2D eigenvalue weighted by atomic mass is 16.5. The Morgan fingerprint density at radius 3 is 2.53 bits per heavy atom. The zero-order valence-electron chi connectivity index (χ0n) is 10.9. The molecule has 0 radical (unpaired) electrons. The van der Waals surface area contributed by atoms with Gasteiger partial charge in [0.05, 0.1) is 11.7 Å². The van der Waals surface area contributed by atoms with E-state index in [4.69, 9.17) is 10.5 Å². The molecule has 0 amide bonds. The molecule has 3 nitrogen and oxygen atoms in total. The summed E-state index contributed by atoms with van der Waals surface area (Å²) in [4.78, 5) is 2.38. The molecule has 3 heteroatoms. The Bertz CT molecular complexity index is 372. The molecule has 0 aliphatic carbocycles. The molecular weight excluding hydrogens is 212 g/mol. The van der Waals surface area contributed by atoms with Crippen LogP contribution in [-0.4, -0.2) is 24.8 Å². The van der Waals surface area contributed by atoms with E-state index in [0.29, 0.717) is 6.54 Å². The lowest BCUT2D eigenvalue weighted by molar-refractivity contribution is -0.0749. The van der Waals surface area contributed by atoms with Crippen molar-refractivity contribution < 1.29 is 4.74 Å². The fourth-order valence-electron chi connectivity index (χ4n) is 2.49. The summed E-state index contributed by atoms with van der Waals surface area (Å²) in [5.41, 5.74) is 7.96. The van der Waals surface area contributed by atoms with Gasteiger partial charge in [-0.3, -0.25) is 0 Å². The maximum Gasteiger partial charge on any atom is 0.0805 e. The fraction of sp³-hybridized carbons (Fsp3) is 0.571. The number of morpholine rings is 1. The quantitative estimate of drug-likeness (QED) is 0.852. The zero-order chi connectivity index (χ0) is 12.5. The second-order valence-electron chi connectivity index (χ2n) is 5.44. The first-order valence-electron chi connectivity index (χ1n) is 6.22. The summed E-state index contributed by atoms with van der Waals surface area (Å²) in [6.45, 7) is 8.89. The average Bonchev–Trinajstić information content (AvgIpc) is 2.26. The third-order valence-corrected chi connectivity index (χ3v) is 3.11. The van der Waals surface area contributed by atoms with Gasteiger partial charge in [0.2, 0.25) is 0 Å². The Hall–Kier alpha value is -1.06. The molecule has 2 rings (SSSR count). The van der Waals surface area contributed by atoms with Gasteiger partial charge in [-0.2, -0.15) is 0 Å². The normalized spacial score (nSPS) is 23.8. The van der Waals surface area contributed by atoms with E-state index >= 15 is 0 Å². The molecule has 1 aromatic rings. The molecule has 94 valence electrons. The SMILES string of the molecule is CC1CN(c2ccc(CN)cc2)CC(C)(C)O1. The van der Waals surface area contributed by atoms with E-state index in [2.05, 4.69) is 49.9 Å². The van der Waals surface area contributed by atoms with E-state index in [0.717, 1.165) is 13.1 Å². The molecule has 1 unspecified atom stereocenters. The van der Waals surface area contributed by atoms with Gasteiger partial charge in [-0.05, 0) is 38.5 Å². The molecule has 1 heterocycles. The Labute approximate surface area is 104 Å². The number of hydrogen-bond acceptors (Lipinski definition) is 3. The van der Waals surface area contributed by atoms with Gasteiger partial charge in [0, 0.05) is 25.3 Å². The van der Waals surface area contributed by atoms with E-state index in [1.807, 2.05) is 0 Å². The average molecular weight is 234 g/mol. The van der Waals surface area contributed by atoms with E-state index in [1.165, 1.54) is 11.3 Å². The second kappa shape index (κ2) is 4.67. The summed E-state index contributed by atoms with van der Waals surface area (Å²) in [6.07, 6.45) is 0.271. The Balaban J connectivity index is 2.15. The number of nitrogens with two attached hydrogens (primary N) is 1. The molecule has 0 bridgehead atoms. The molecule has 2 N–H and O–H groups in total. The summed E-state index contributed by atoms with van der Waals surface area (Å²) in [5.74, 6) is 0. The van der Waals surface area contributed by atoms with Crippen LogP contribution in [0.15, 0.2) is 24.3 Å². The third-order valence-electron chi connectivity index (χ3n) is 3.11. The smallest absolute Gasteiger partial charge is 0.0805 e. The Morgan fingerprint density at radius 2 is 2.00 bits per heavy atom. The molecule has 0 saturated carbocycles. The largest absolute Gasteiger partial charge is 0.369 e. The van der Waals surface area contributed by atoms with Crippen LogP contribution in [0.4, 0.5) is 5.69 Å². The maximum absolute atomic E-state index is 5.91. The first-order valence-corrected chi connectivity index (χ1v) is 6.22. The van der Waals surface area contributed by atoms with Gasteiger partial charge in [-0.1, -0.05) is 12.1 Å². The van der Waals surface area contributed by atoms with Crippen LogP contribution < -0.4 is 10.6 Å². The van der Waals surface area contributed by atoms with Crippen molar-refractivity contribution in [2.45, 2.75) is 39.0 Å². The number of benzene rings is 1. The lowest BCUT2D eigenvalue weighted by Gasteiger charge is -2.43. The topological polar surface area (TPSA) is 38.5 Å². The predicted molar refractivity (Wildman–Crippen MR) is 71.2 cm³/mol. The van der Waals surface area contributed by atoms with Gasteiger partial charge in [-0.15, -0.1) is 0 Å². The third kappa shape index (κ3) is 2.99. The maximum atomic E-state index is 5.91. The van der Waals surface area contributed by atoms with E-state index < -0.39 is 0 Å². The van der Waals surface area contributed by atoms with Crippen LogP contribution in [0.25, 0.3) is 0 Å². The van der Waals surface area contributed by atoms with E-state index in [1.54, 1.807) is 0 Å². The molecule has 0 spiro atoms. The minimum Gasteiger partial charge on any atom is -0.369 e. The van der Waals surface area contributed by atoms with Crippen molar-refractivity contribution in [1.29, 1.82) is 0 Å². The molecule has 1 atom stereocenters. The van der Waals surface area contributed by atoms with E-state index in [-0.39, 0.29) is 11.7 Å². The lowest BCUT2D eigenvalue weighted by Crippen LogP contribution is -2.52. The van der Waals surface area contributed by atoms with Crippen molar-refractivity contribution in [3.63, 3.8) is 0 Å². The van der Waals surface area contributed by atoms with Crippen molar-refractivity contribution in [2.24, 2.45) is 5.73 Å². The first-order chi connectivity index (χ1) is 8.00. The highest BCUT2D eigenvalue weighted by molar-refractivity contribution is 5.48. The van der Waals surface area contributed by atoms with Gasteiger partial charge in [-0.25, -0.2) is 0 Å². The van der Waals surface area contributed by atoms with Gasteiger partial charge in [0.25, 0.3) is 0 Å². The van der Waals surface area contributed by atoms with Gasteiger partial charge >= 0.3 is 0 Å². The fourth-order valence-corrected chi connectivity index (χ4v) is 2.49. The number of anilines is 1. The van der Waals surface area contributed by atoms with Gasteiger partial charge < -0.3 is 15.4 Å². The van der Waals surface area contributed by atoms with Crippen LogP contribution in [0.1, 0.15) is 26.3 Å². The minimum atomic E-state index is -0.0792. The van der Waals surface area contributed by atoms with E-state index in [9.17, 15) is 0 Å². The Kier molecular flexibility index (Phi) is 3.40. The summed E-state index contributed by atoms with van der Waals surface area (Å²) >= 11 is 0. The van der Waals surface area contributed by atoms with Gasteiger partial charge in [0.1, 0.15) is 0 Å². The molecular formula is C14H22N2O. The molecule has 1 fully saturated rings. The van der Waals surface area contributed by atoms with Crippen LogP contribution >= 0.6 is 0 Å². The summed E-state index contributed by atoms with van der Waals surface area (Å²) in [6, 6.07) is 8.50. The number of rotatable bonds is 2. The van der Waals surface area contributed by atoms with Crippen molar-refractivity contribution in [3.05, 3.63) is 29.8 Å². The summed E-state index contributed by atoms with van der Waals surface area (Å²) < 4.78 is 5.91. The molecule has 1 aliphatic rings. The number of ether oxygens (including phenoxy) is 1.